The van der Waals surface area contributed by atoms with Crippen LogP contribution in [0.5, 0.6) is 0 Å². The fraction of sp³-hybridized carbons (Fsp3) is 0.692. The number of carbonyl (C=O) groups is 1. The van der Waals surface area contributed by atoms with Gasteiger partial charge in [0, 0.05) is 26.7 Å². The Bertz CT molecular complexity index is 469. The lowest BCUT2D eigenvalue weighted by atomic mass is 10.2. The second-order valence-corrected chi connectivity index (χ2v) is 6.37. The number of nitrogens with two attached hydrogens (primary N) is 1. The van der Waals surface area contributed by atoms with Gasteiger partial charge in [0.25, 0.3) is 5.91 Å². The molecule has 1 aliphatic rings. The second kappa shape index (κ2) is 6.41. The number of hydrogen-bond acceptors (Lipinski definition) is 6. The summed E-state index contributed by atoms with van der Waals surface area (Å²) in [6, 6.07) is 0. The Morgan fingerprint density at radius 1 is 1.50 bits per heavy atom. The van der Waals surface area contributed by atoms with Gasteiger partial charge in [0.1, 0.15) is 10.7 Å². The fourth-order valence-electron chi connectivity index (χ4n) is 2.17. The summed E-state index contributed by atoms with van der Waals surface area (Å²) in [5.74, 6) is 0.710. The van der Waals surface area contributed by atoms with E-state index in [0.29, 0.717) is 36.4 Å². The van der Waals surface area contributed by atoms with Crippen LogP contribution in [0.3, 0.4) is 0 Å². The average molecular weight is 298 g/mol. The number of morpholine rings is 1. The van der Waals surface area contributed by atoms with Crippen LogP contribution in [0, 0.1) is 5.92 Å². The van der Waals surface area contributed by atoms with Crippen molar-refractivity contribution >= 4 is 28.2 Å². The summed E-state index contributed by atoms with van der Waals surface area (Å²) in [6.07, 6.45) is 0. The Morgan fingerprint density at radius 3 is 2.75 bits per heavy atom. The molecule has 7 heteroatoms. The molecule has 112 valence electrons. The van der Waals surface area contributed by atoms with Crippen LogP contribution in [0.4, 0.5) is 10.9 Å². The number of hydrogen-bond donors (Lipinski definition) is 1. The average Bonchev–Trinajstić information content (AvgIpc) is 2.80. The van der Waals surface area contributed by atoms with E-state index < -0.39 is 0 Å². The molecule has 2 rings (SSSR count). The van der Waals surface area contributed by atoms with Gasteiger partial charge in [-0.15, -0.1) is 0 Å². The van der Waals surface area contributed by atoms with Gasteiger partial charge in [-0.3, -0.25) is 4.79 Å². The first-order valence-corrected chi connectivity index (χ1v) is 7.65. The molecule has 1 saturated heterocycles. The minimum Gasteiger partial charge on any atom is -0.382 e. The van der Waals surface area contributed by atoms with Crippen molar-refractivity contribution in [3.8, 4) is 0 Å². The van der Waals surface area contributed by atoms with Crippen molar-refractivity contribution in [2.24, 2.45) is 5.92 Å². The molecule has 1 aromatic heterocycles. The molecular formula is C13H22N4O2S. The number of aromatic nitrogens is 1. The first kappa shape index (κ1) is 15.1. The third kappa shape index (κ3) is 3.40. The number of rotatable bonds is 4. The van der Waals surface area contributed by atoms with Crippen LogP contribution in [0.2, 0.25) is 0 Å². The summed E-state index contributed by atoms with van der Waals surface area (Å²) >= 11 is 1.37. The molecule has 20 heavy (non-hydrogen) atoms. The number of nitrogen functional groups attached to an aromatic ring is 1. The highest BCUT2D eigenvalue weighted by molar-refractivity contribution is 7.18. The summed E-state index contributed by atoms with van der Waals surface area (Å²) in [4.78, 5) is 21.1. The van der Waals surface area contributed by atoms with Crippen LogP contribution < -0.4 is 10.6 Å². The molecule has 2 N–H and O–H groups in total. The van der Waals surface area contributed by atoms with Crippen LogP contribution in [-0.2, 0) is 4.74 Å². The molecule has 0 atom stereocenters. The Kier molecular flexibility index (Phi) is 4.82. The molecule has 0 radical (unpaired) electrons. The largest absolute Gasteiger partial charge is 0.382 e. The maximum Gasteiger partial charge on any atom is 0.267 e. The van der Waals surface area contributed by atoms with E-state index in [0.717, 1.165) is 18.2 Å². The summed E-state index contributed by atoms with van der Waals surface area (Å²) in [5, 5.41) is 0.812. The summed E-state index contributed by atoms with van der Waals surface area (Å²) in [7, 11) is 1.80. The Labute approximate surface area is 123 Å². The molecule has 1 aliphatic heterocycles. The first-order chi connectivity index (χ1) is 9.49. The summed E-state index contributed by atoms with van der Waals surface area (Å²) in [6.45, 7) is 7.85. The molecule has 0 bridgehead atoms. The number of ether oxygens (including phenoxy) is 1. The van der Waals surface area contributed by atoms with Gasteiger partial charge in [-0.05, 0) is 5.92 Å². The standard InChI is InChI=1S/C13H22N4O2S/c1-9(2)8-16(3)12(18)10-11(14)15-13(20-10)17-4-6-19-7-5-17/h9H,4-8,14H2,1-3H3. The fourth-order valence-corrected chi connectivity index (χ4v) is 3.20. The number of anilines is 2. The van der Waals surface area contributed by atoms with E-state index in [2.05, 4.69) is 23.7 Å². The second-order valence-electron chi connectivity index (χ2n) is 5.39. The van der Waals surface area contributed by atoms with Gasteiger partial charge in [0.2, 0.25) is 0 Å². The highest BCUT2D eigenvalue weighted by Gasteiger charge is 2.23. The van der Waals surface area contributed by atoms with Crippen molar-refractivity contribution in [3.05, 3.63) is 4.88 Å². The predicted molar refractivity (Wildman–Crippen MR) is 81.4 cm³/mol. The van der Waals surface area contributed by atoms with Crippen LogP contribution in [0.15, 0.2) is 0 Å². The third-order valence-electron chi connectivity index (χ3n) is 3.10. The van der Waals surface area contributed by atoms with Gasteiger partial charge in [0.15, 0.2) is 5.13 Å². The minimum atomic E-state index is -0.0480. The molecule has 0 spiro atoms. The maximum absolute atomic E-state index is 12.4. The van der Waals surface area contributed by atoms with E-state index in [1.807, 2.05) is 0 Å². The molecule has 6 nitrogen and oxygen atoms in total. The number of amides is 1. The van der Waals surface area contributed by atoms with E-state index in [9.17, 15) is 4.79 Å². The highest BCUT2D eigenvalue weighted by atomic mass is 32.1. The smallest absolute Gasteiger partial charge is 0.267 e. The molecule has 1 aromatic rings. The lowest BCUT2D eigenvalue weighted by Gasteiger charge is -2.25. The zero-order valence-electron chi connectivity index (χ0n) is 12.3. The van der Waals surface area contributed by atoms with E-state index in [1.54, 1.807) is 11.9 Å². The monoisotopic (exact) mass is 298 g/mol. The predicted octanol–water partition coefficient (Wildman–Crippen LogP) is 1.29. The maximum atomic E-state index is 12.4. The Morgan fingerprint density at radius 2 is 2.15 bits per heavy atom. The van der Waals surface area contributed by atoms with Crippen molar-refractivity contribution in [2.45, 2.75) is 13.8 Å². The number of carbonyl (C=O) groups excluding carboxylic acids is 1. The van der Waals surface area contributed by atoms with Gasteiger partial charge in [-0.2, -0.15) is 0 Å². The van der Waals surface area contributed by atoms with E-state index in [4.69, 9.17) is 10.5 Å². The number of thiazole rings is 1. The van der Waals surface area contributed by atoms with E-state index in [-0.39, 0.29) is 5.91 Å². The minimum absolute atomic E-state index is 0.0480. The van der Waals surface area contributed by atoms with E-state index >= 15 is 0 Å². The highest BCUT2D eigenvalue weighted by Crippen LogP contribution is 2.29. The topological polar surface area (TPSA) is 71.7 Å². The van der Waals surface area contributed by atoms with Gasteiger partial charge in [0.05, 0.1) is 13.2 Å². The zero-order valence-corrected chi connectivity index (χ0v) is 13.1. The van der Waals surface area contributed by atoms with Crippen molar-refractivity contribution < 1.29 is 9.53 Å². The van der Waals surface area contributed by atoms with Crippen molar-refractivity contribution in [2.75, 3.05) is 50.5 Å². The van der Waals surface area contributed by atoms with Gasteiger partial charge >= 0.3 is 0 Å². The molecule has 0 unspecified atom stereocenters. The molecule has 0 saturated carbocycles. The summed E-state index contributed by atoms with van der Waals surface area (Å²) < 4.78 is 5.32. The Hall–Kier alpha value is -1.34. The van der Waals surface area contributed by atoms with Gasteiger partial charge in [-0.1, -0.05) is 25.2 Å². The molecule has 1 amide bonds. The molecule has 1 fully saturated rings. The zero-order chi connectivity index (χ0) is 14.7. The van der Waals surface area contributed by atoms with Crippen molar-refractivity contribution in [1.82, 2.24) is 9.88 Å². The van der Waals surface area contributed by atoms with Crippen molar-refractivity contribution in [3.63, 3.8) is 0 Å². The van der Waals surface area contributed by atoms with Crippen LogP contribution in [0.25, 0.3) is 0 Å². The molecule has 0 aliphatic carbocycles. The first-order valence-electron chi connectivity index (χ1n) is 6.83. The van der Waals surface area contributed by atoms with Crippen LogP contribution in [-0.4, -0.2) is 55.7 Å². The van der Waals surface area contributed by atoms with Gasteiger partial charge in [-0.25, -0.2) is 4.98 Å². The SMILES string of the molecule is CC(C)CN(C)C(=O)c1sc(N2CCOCC2)nc1N. The summed E-state index contributed by atoms with van der Waals surface area (Å²) in [5.41, 5.74) is 5.91. The molecule has 0 aromatic carbocycles. The van der Waals surface area contributed by atoms with E-state index in [1.165, 1.54) is 11.3 Å². The van der Waals surface area contributed by atoms with Crippen LogP contribution >= 0.6 is 11.3 Å². The third-order valence-corrected chi connectivity index (χ3v) is 4.22. The van der Waals surface area contributed by atoms with Crippen molar-refractivity contribution in [1.29, 1.82) is 0 Å². The number of nitrogens with zero attached hydrogens (tertiary/aromatic N) is 3. The van der Waals surface area contributed by atoms with Crippen LogP contribution in [0.1, 0.15) is 23.5 Å². The lowest BCUT2D eigenvalue weighted by Crippen LogP contribution is -2.36. The molecule has 2 heterocycles. The Balaban J connectivity index is 2.12. The lowest BCUT2D eigenvalue weighted by molar-refractivity contribution is 0.0784. The van der Waals surface area contributed by atoms with Gasteiger partial charge < -0.3 is 20.3 Å². The molecular weight excluding hydrogens is 276 g/mol. The quantitative estimate of drug-likeness (QED) is 0.907. The normalized spacial score (nSPS) is 15.7.